The summed E-state index contributed by atoms with van der Waals surface area (Å²) in [4.78, 5) is 9.82. The van der Waals surface area contributed by atoms with Crippen LogP contribution in [0, 0.1) is 0 Å². The van der Waals surface area contributed by atoms with Gasteiger partial charge in [0.05, 0.1) is 29.8 Å². The molecule has 2 aromatic rings. The number of halogens is 2. The minimum atomic E-state index is -2.93. The smallest absolute Gasteiger partial charge is 0.387 e. The molecule has 170 valence electrons. The Morgan fingerprint density at radius 1 is 1.03 bits per heavy atom. The van der Waals surface area contributed by atoms with E-state index in [0.29, 0.717) is 35.9 Å². The van der Waals surface area contributed by atoms with Gasteiger partial charge in [-0.2, -0.15) is 8.78 Å². The highest BCUT2D eigenvalue weighted by atomic mass is 19.3. The quantitative estimate of drug-likeness (QED) is 0.500. The van der Waals surface area contributed by atoms with Gasteiger partial charge in [0.15, 0.2) is 0 Å². The second-order valence-corrected chi connectivity index (χ2v) is 7.83. The largest absolute Gasteiger partial charge is 0.496 e. The summed E-state index contributed by atoms with van der Waals surface area (Å²) < 4.78 is 37.3. The summed E-state index contributed by atoms with van der Waals surface area (Å²) in [6, 6.07) is 2.04. The van der Waals surface area contributed by atoms with E-state index in [1.165, 1.54) is 0 Å². The minimum absolute atomic E-state index is 0.110. The number of hydrogen-bond acceptors (Lipinski definition) is 5. The highest BCUT2D eigenvalue weighted by Gasteiger charge is 2.28. The Morgan fingerprint density at radius 2 is 1.74 bits per heavy atom. The molecule has 0 atom stereocenters. The van der Waals surface area contributed by atoms with Gasteiger partial charge in [-0.1, -0.05) is 27.7 Å². The van der Waals surface area contributed by atoms with E-state index in [1.807, 2.05) is 13.8 Å². The number of anilines is 1. The Hall–Kier alpha value is -2.44. The fourth-order valence-corrected chi connectivity index (χ4v) is 4.32. The SMILES string of the molecule is CCc1nc(-c2c(OC(F)F)cc3c(c2OC)CCC3)c(CC)nc1NC(CC)CC. The van der Waals surface area contributed by atoms with Crippen LogP contribution in [0.5, 0.6) is 11.5 Å². The number of rotatable bonds is 10. The Bertz CT molecular complexity index is 914. The molecular formula is C24H33F2N3O2. The number of fused-ring (bicyclic) bond motifs is 1. The summed E-state index contributed by atoms with van der Waals surface area (Å²) in [6.45, 7) is 5.36. The monoisotopic (exact) mass is 433 g/mol. The molecule has 1 aliphatic carbocycles. The van der Waals surface area contributed by atoms with Crippen molar-refractivity contribution in [3.63, 3.8) is 0 Å². The van der Waals surface area contributed by atoms with Crippen LogP contribution in [-0.4, -0.2) is 29.7 Å². The lowest BCUT2D eigenvalue weighted by Gasteiger charge is -2.22. The molecule has 1 aromatic heterocycles. The zero-order valence-electron chi connectivity index (χ0n) is 19.1. The predicted molar refractivity (Wildman–Crippen MR) is 119 cm³/mol. The van der Waals surface area contributed by atoms with Crippen molar-refractivity contribution in [2.45, 2.75) is 85.3 Å². The number of methoxy groups -OCH3 is 1. The van der Waals surface area contributed by atoms with E-state index in [2.05, 4.69) is 19.2 Å². The van der Waals surface area contributed by atoms with Crippen molar-refractivity contribution in [2.24, 2.45) is 0 Å². The molecule has 1 N–H and O–H groups in total. The Labute approximate surface area is 183 Å². The first kappa shape index (κ1) is 23.2. The number of alkyl halides is 2. The van der Waals surface area contributed by atoms with Gasteiger partial charge < -0.3 is 14.8 Å². The fraction of sp³-hybridized carbons (Fsp3) is 0.583. The number of benzene rings is 1. The second-order valence-electron chi connectivity index (χ2n) is 7.83. The third-order valence-corrected chi connectivity index (χ3v) is 6.01. The first-order valence-electron chi connectivity index (χ1n) is 11.3. The molecule has 0 fully saturated rings. The molecule has 0 bridgehead atoms. The van der Waals surface area contributed by atoms with Crippen LogP contribution in [0.2, 0.25) is 0 Å². The molecule has 0 amide bonds. The van der Waals surface area contributed by atoms with Gasteiger partial charge in [0.2, 0.25) is 0 Å². The molecule has 7 heteroatoms. The minimum Gasteiger partial charge on any atom is -0.496 e. The van der Waals surface area contributed by atoms with Gasteiger partial charge in [-0.15, -0.1) is 0 Å². The number of aromatic nitrogens is 2. The van der Waals surface area contributed by atoms with Crippen LogP contribution in [-0.2, 0) is 25.7 Å². The third-order valence-electron chi connectivity index (χ3n) is 6.01. The van der Waals surface area contributed by atoms with Gasteiger partial charge in [-0.3, -0.25) is 0 Å². The van der Waals surface area contributed by atoms with E-state index in [1.54, 1.807) is 13.2 Å². The van der Waals surface area contributed by atoms with Crippen LogP contribution in [0.3, 0.4) is 0 Å². The summed E-state index contributed by atoms with van der Waals surface area (Å²) in [7, 11) is 1.58. The van der Waals surface area contributed by atoms with E-state index in [9.17, 15) is 8.78 Å². The number of aryl methyl sites for hydroxylation is 3. The third kappa shape index (κ3) is 4.75. The molecule has 0 radical (unpaired) electrons. The van der Waals surface area contributed by atoms with E-state index in [4.69, 9.17) is 19.4 Å². The normalized spacial score (nSPS) is 13.1. The number of ether oxygens (including phenoxy) is 2. The van der Waals surface area contributed by atoms with Gasteiger partial charge >= 0.3 is 6.61 Å². The maximum atomic E-state index is 13.3. The summed E-state index contributed by atoms with van der Waals surface area (Å²) >= 11 is 0. The Morgan fingerprint density at radius 3 is 2.32 bits per heavy atom. The van der Waals surface area contributed by atoms with Crippen LogP contribution in [0.15, 0.2) is 6.07 Å². The maximum Gasteiger partial charge on any atom is 0.387 e. The molecule has 1 aliphatic rings. The van der Waals surface area contributed by atoms with Crippen molar-refractivity contribution < 1.29 is 18.3 Å². The molecule has 1 heterocycles. The highest BCUT2D eigenvalue weighted by molar-refractivity contribution is 5.79. The van der Waals surface area contributed by atoms with Crippen LogP contribution in [0.4, 0.5) is 14.6 Å². The van der Waals surface area contributed by atoms with Gasteiger partial charge in [0, 0.05) is 6.04 Å². The lowest BCUT2D eigenvalue weighted by molar-refractivity contribution is -0.0495. The summed E-state index contributed by atoms with van der Waals surface area (Å²) in [5.41, 5.74) is 4.66. The van der Waals surface area contributed by atoms with Crippen molar-refractivity contribution in [3.8, 4) is 22.8 Å². The molecule has 1 aromatic carbocycles. The molecule has 0 saturated carbocycles. The van der Waals surface area contributed by atoms with E-state index >= 15 is 0 Å². The molecule has 0 unspecified atom stereocenters. The van der Waals surface area contributed by atoms with Crippen LogP contribution in [0.25, 0.3) is 11.3 Å². The maximum absolute atomic E-state index is 13.3. The number of nitrogens with one attached hydrogen (secondary N) is 1. The van der Waals surface area contributed by atoms with E-state index in [0.717, 1.165) is 60.4 Å². The zero-order chi connectivity index (χ0) is 22.5. The summed E-state index contributed by atoms with van der Waals surface area (Å²) in [6.07, 6.45) is 5.89. The molecule has 0 saturated heterocycles. The number of nitrogens with zero attached hydrogens (tertiary/aromatic N) is 2. The molecule has 0 aliphatic heterocycles. The number of hydrogen-bond donors (Lipinski definition) is 1. The standard InChI is InChI=1S/C24H33F2N3O2/c1-6-15(7-2)27-23-18(9-4)28-21(17(8-3)29-23)20-19(31-24(25)26)13-14-11-10-12-16(14)22(20)30-5/h13,15,24H,6-12H2,1-5H3,(H,27,29). The zero-order valence-corrected chi connectivity index (χ0v) is 19.1. The predicted octanol–water partition coefficient (Wildman–Crippen LogP) is 5.97. The van der Waals surface area contributed by atoms with Crippen molar-refractivity contribution in [1.29, 1.82) is 0 Å². The van der Waals surface area contributed by atoms with Crippen molar-refractivity contribution in [1.82, 2.24) is 9.97 Å². The topological polar surface area (TPSA) is 56.3 Å². The molecule has 3 rings (SSSR count). The Kier molecular flexibility index (Phi) is 7.68. The van der Waals surface area contributed by atoms with Gasteiger partial charge in [0.25, 0.3) is 0 Å². The van der Waals surface area contributed by atoms with Gasteiger partial charge in [-0.25, -0.2) is 9.97 Å². The average molecular weight is 434 g/mol. The lowest BCUT2D eigenvalue weighted by atomic mass is 9.98. The molecule has 31 heavy (non-hydrogen) atoms. The first-order chi connectivity index (χ1) is 15.0. The molecule has 5 nitrogen and oxygen atoms in total. The van der Waals surface area contributed by atoms with E-state index < -0.39 is 6.61 Å². The van der Waals surface area contributed by atoms with Crippen LogP contribution < -0.4 is 14.8 Å². The van der Waals surface area contributed by atoms with Gasteiger partial charge in [-0.05, 0) is 62.1 Å². The first-order valence-corrected chi connectivity index (χ1v) is 11.3. The summed E-state index contributed by atoms with van der Waals surface area (Å²) in [5, 5.41) is 3.51. The second kappa shape index (κ2) is 10.2. The highest BCUT2D eigenvalue weighted by Crippen LogP contribution is 2.46. The average Bonchev–Trinajstić information content (AvgIpc) is 3.23. The van der Waals surface area contributed by atoms with Crippen molar-refractivity contribution in [3.05, 3.63) is 28.6 Å². The fourth-order valence-electron chi connectivity index (χ4n) is 4.32. The van der Waals surface area contributed by atoms with Crippen LogP contribution in [0.1, 0.15) is 69.5 Å². The van der Waals surface area contributed by atoms with Crippen molar-refractivity contribution in [2.75, 3.05) is 12.4 Å². The summed E-state index contributed by atoms with van der Waals surface area (Å²) in [5.74, 6) is 1.46. The molecule has 0 spiro atoms. The Balaban J connectivity index is 2.23. The lowest BCUT2D eigenvalue weighted by Crippen LogP contribution is -2.20. The molecular weight excluding hydrogens is 400 g/mol. The van der Waals surface area contributed by atoms with Crippen molar-refractivity contribution >= 4 is 5.82 Å². The van der Waals surface area contributed by atoms with Gasteiger partial charge in [0.1, 0.15) is 17.3 Å². The van der Waals surface area contributed by atoms with Crippen LogP contribution >= 0.6 is 0 Å². The van der Waals surface area contributed by atoms with E-state index in [-0.39, 0.29) is 5.75 Å².